The van der Waals surface area contributed by atoms with E-state index in [9.17, 15) is 25.0 Å². The molecule has 0 radical (unpaired) electrons. The smallest absolute Gasteiger partial charge is 0.406 e. The lowest BCUT2D eigenvalue weighted by Gasteiger charge is -2.07. The first kappa shape index (κ1) is 15.8. The Morgan fingerprint density at radius 3 is 2.57 bits per heavy atom. The van der Waals surface area contributed by atoms with Gasteiger partial charge < -0.3 is 20.2 Å². The first-order valence-electron chi connectivity index (χ1n) is 6.24. The van der Waals surface area contributed by atoms with Crippen LogP contribution in [-0.2, 0) is 4.79 Å². The summed E-state index contributed by atoms with van der Waals surface area (Å²) in [6.45, 7) is -0.557. The molecule has 1 amide bonds. The van der Waals surface area contributed by atoms with E-state index in [1.165, 1.54) is 42.6 Å². The highest BCUT2D eigenvalue weighted by Gasteiger charge is 2.18. The third-order valence-corrected chi connectivity index (χ3v) is 2.66. The maximum atomic E-state index is 11.8. The van der Waals surface area contributed by atoms with E-state index in [4.69, 9.17) is 4.74 Å². The summed E-state index contributed by atoms with van der Waals surface area (Å²) in [6, 6.07) is 8.30. The fourth-order valence-electron chi connectivity index (χ4n) is 1.70. The van der Waals surface area contributed by atoms with Crippen LogP contribution in [-0.4, -0.2) is 27.3 Å². The second-order valence-electron chi connectivity index (χ2n) is 4.19. The number of para-hydroxylation sites is 2. The lowest BCUT2D eigenvalue weighted by molar-refractivity contribution is -0.390. The van der Waals surface area contributed by atoms with Crippen LogP contribution in [0.3, 0.4) is 0 Å². The van der Waals surface area contributed by atoms with Gasteiger partial charge in [0, 0.05) is 6.07 Å². The first-order valence-corrected chi connectivity index (χ1v) is 6.24. The average Bonchev–Trinajstić information content (AvgIpc) is 2.53. The molecule has 0 saturated heterocycles. The summed E-state index contributed by atoms with van der Waals surface area (Å²) in [6.07, 6.45) is 1.22. The Morgan fingerprint density at radius 2 is 1.87 bits per heavy atom. The minimum atomic E-state index is -0.741. The number of hydrogen-bond donors (Lipinski definition) is 1. The molecule has 2 aromatic rings. The quantitative estimate of drug-likeness (QED) is 0.634. The van der Waals surface area contributed by atoms with E-state index >= 15 is 0 Å². The van der Waals surface area contributed by atoms with Gasteiger partial charge >= 0.3 is 5.82 Å². The zero-order valence-corrected chi connectivity index (χ0v) is 11.5. The third-order valence-electron chi connectivity index (χ3n) is 2.66. The number of amides is 1. The fourth-order valence-corrected chi connectivity index (χ4v) is 1.70. The summed E-state index contributed by atoms with van der Waals surface area (Å²) >= 11 is 0. The normalized spacial score (nSPS) is 9.91. The molecule has 23 heavy (non-hydrogen) atoms. The number of nitrogens with one attached hydrogen (secondary N) is 1. The zero-order valence-electron chi connectivity index (χ0n) is 11.5. The number of carbonyl (C=O) groups is 1. The van der Waals surface area contributed by atoms with Gasteiger partial charge in [-0.1, -0.05) is 12.1 Å². The SMILES string of the molecule is O=C(COc1cccnc1[N+](=O)[O-])Nc1ccccc1[N+](=O)[O-]. The number of ether oxygens (including phenoxy) is 1. The van der Waals surface area contributed by atoms with Crippen molar-refractivity contribution in [2.45, 2.75) is 0 Å². The number of pyridine rings is 1. The molecule has 0 aliphatic rings. The summed E-state index contributed by atoms with van der Waals surface area (Å²) in [5, 5.41) is 23.9. The standard InChI is InChI=1S/C13H10N4O6/c18-12(15-9-4-1-2-5-10(9)16(19)20)8-23-11-6-3-7-14-13(11)17(21)22/h1-7H,8H2,(H,15,18). The van der Waals surface area contributed by atoms with Crippen molar-refractivity contribution >= 4 is 23.1 Å². The Bertz CT molecular complexity index is 764. The molecule has 10 heteroatoms. The van der Waals surface area contributed by atoms with Crippen LogP contribution in [0.15, 0.2) is 42.6 Å². The van der Waals surface area contributed by atoms with Crippen molar-refractivity contribution in [2.75, 3.05) is 11.9 Å². The molecule has 10 nitrogen and oxygen atoms in total. The van der Waals surface area contributed by atoms with Crippen LogP contribution >= 0.6 is 0 Å². The molecular formula is C13H10N4O6. The summed E-state index contributed by atoms with van der Waals surface area (Å²) in [7, 11) is 0. The van der Waals surface area contributed by atoms with Crippen LogP contribution in [0.2, 0.25) is 0 Å². The second kappa shape index (κ2) is 6.93. The van der Waals surface area contributed by atoms with Gasteiger partial charge in [0.15, 0.2) is 6.61 Å². The number of rotatable bonds is 6. The summed E-state index contributed by atoms with van der Waals surface area (Å²) in [4.78, 5) is 35.6. The highest BCUT2D eigenvalue weighted by molar-refractivity contribution is 5.94. The molecule has 0 aliphatic carbocycles. The molecule has 0 spiro atoms. The molecule has 1 N–H and O–H groups in total. The molecule has 2 rings (SSSR count). The highest BCUT2D eigenvalue weighted by atomic mass is 16.6. The van der Waals surface area contributed by atoms with E-state index in [0.717, 1.165) is 0 Å². The Kier molecular flexibility index (Phi) is 4.77. The van der Waals surface area contributed by atoms with E-state index in [1.807, 2.05) is 0 Å². The van der Waals surface area contributed by atoms with Crippen molar-refractivity contribution in [1.82, 2.24) is 4.98 Å². The maximum Gasteiger partial charge on any atom is 0.406 e. The van der Waals surface area contributed by atoms with Crippen LogP contribution < -0.4 is 10.1 Å². The molecule has 0 saturated carbocycles. The Labute approximate surface area is 129 Å². The number of carbonyl (C=O) groups excluding carboxylic acids is 1. The molecule has 0 aliphatic heterocycles. The van der Waals surface area contributed by atoms with Gasteiger partial charge in [0.1, 0.15) is 11.9 Å². The highest BCUT2D eigenvalue weighted by Crippen LogP contribution is 2.24. The zero-order chi connectivity index (χ0) is 16.8. The Hall–Kier alpha value is -3.56. The van der Waals surface area contributed by atoms with Crippen LogP contribution in [0.4, 0.5) is 17.2 Å². The average molecular weight is 318 g/mol. The number of nitrogens with zero attached hydrogens (tertiary/aromatic N) is 3. The van der Waals surface area contributed by atoms with E-state index in [2.05, 4.69) is 10.3 Å². The van der Waals surface area contributed by atoms with E-state index in [0.29, 0.717) is 0 Å². The number of aromatic nitrogens is 1. The number of nitro groups is 2. The van der Waals surface area contributed by atoms with Crippen molar-refractivity contribution < 1.29 is 19.4 Å². The molecule has 1 aromatic carbocycles. The predicted octanol–water partition coefficient (Wildman–Crippen LogP) is 1.92. The van der Waals surface area contributed by atoms with Gasteiger partial charge in [0.2, 0.25) is 5.75 Å². The van der Waals surface area contributed by atoms with Crippen LogP contribution in [0.5, 0.6) is 5.75 Å². The summed E-state index contributed by atoms with van der Waals surface area (Å²) < 4.78 is 5.05. The van der Waals surface area contributed by atoms with E-state index < -0.39 is 28.2 Å². The Balaban J connectivity index is 2.04. The molecule has 0 unspecified atom stereocenters. The van der Waals surface area contributed by atoms with Crippen molar-refractivity contribution in [2.24, 2.45) is 0 Å². The van der Waals surface area contributed by atoms with Crippen LogP contribution in [0.25, 0.3) is 0 Å². The second-order valence-corrected chi connectivity index (χ2v) is 4.19. The molecular weight excluding hydrogens is 308 g/mol. The monoisotopic (exact) mass is 318 g/mol. The topological polar surface area (TPSA) is 138 Å². The van der Waals surface area contributed by atoms with Gasteiger partial charge in [-0.25, -0.2) is 0 Å². The number of anilines is 1. The molecule has 118 valence electrons. The minimum absolute atomic E-state index is 0.00628. The van der Waals surface area contributed by atoms with E-state index in [-0.39, 0.29) is 17.1 Å². The lowest BCUT2D eigenvalue weighted by atomic mass is 10.2. The van der Waals surface area contributed by atoms with Crippen molar-refractivity contribution in [3.8, 4) is 5.75 Å². The summed E-state index contributed by atoms with van der Waals surface area (Å²) in [5.74, 6) is -1.39. The Morgan fingerprint density at radius 1 is 1.13 bits per heavy atom. The molecule has 0 fully saturated rings. The first-order chi connectivity index (χ1) is 11.0. The van der Waals surface area contributed by atoms with Gasteiger partial charge in [-0.15, -0.1) is 0 Å². The lowest BCUT2D eigenvalue weighted by Crippen LogP contribution is -2.21. The molecule has 0 bridgehead atoms. The van der Waals surface area contributed by atoms with Gasteiger partial charge in [0.25, 0.3) is 11.6 Å². The number of hydrogen-bond acceptors (Lipinski definition) is 7. The van der Waals surface area contributed by atoms with Gasteiger partial charge in [-0.3, -0.25) is 14.9 Å². The van der Waals surface area contributed by atoms with E-state index in [1.54, 1.807) is 0 Å². The van der Waals surface area contributed by atoms with Gasteiger partial charge in [0.05, 0.1) is 4.92 Å². The van der Waals surface area contributed by atoms with Crippen molar-refractivity contribution in [3.05, 3.63) is 62.8 Å². The van der Waals surface area contributed by atoms with Crippen LogP contribution in [0.1, 0.15) is 0 Å². The molecule has 1 aromatic heterocycles. The number of nitro benzene ring substituents is 1. The fraction of sp³-hybridized carbons (Fsp3) is 0.0769. The van der Waals surface area contributed by atoms with Crippen molar-refractivity contribution in [3.63, 3.8) is 0 Å². The van der Waals surface area contributed by atoms with Gasteiger partial charge in [-0.05, 0) is 28.1 Å². The maximum absolute atomic E-state index is 11.8. The number of benzene rings is 1. The van der Waals surface area contributed by atoms with Gasteiger partial charge in [-0.2, -0.15) is 0 Å². The summed E-state index contributed by atoms with van der Waals surface area (Å²) in [5.41, 5.74) is -0.264. The molecule has 0 atom stereocenters. The molecule has 1 heterocycles. The third kappa shape index (κ3) is 3.97. The predicted molar refractivity (Wildman–Crippen MR) is 78.1 cm³/mol. The largest absolute Gasteiger partial charge is 0.476 e. The van der Waals surface area contributed by atoms with Crippen molar-refractivity contribution in [1.29, 1.82) is 0 Å². The van der Waals surface area contributed by atoms with Crippen LogP contribution in [0, 0.1) is 20.2 Å². The minimum Gasteiger partial charge on any atom is -0.476 e.